The minimum absolute atomic E-state index is 0. The summed E-state index contributed by atoms with van der Waals surface area (Å²) in [7, 11) is 0. The molecule has 158 valence electrons. The van der Waals surface area contributed by atoms with Crippen molar-refractivity contribution >= 4 is 23.1 Å². The predicted molar refractivity (Wildman–Crippen MR) is 98.3 cm³/mol. The second-order valence-corrected chi connectivity index (χ2v) is 6.80. The second kappa shape index (κ2) is 9.60. The molecule has 0 radical (unpaired) electrons. The van der Waals surface area contributed by atoms with Gasteiger partial charge in [-0.1, -0.05) is 17.2 Å². The van der Waals surface area contributed by atoms with Crippen LogP contribution in [0, 0.1) is 13.0 Å². The molecule has 2 aromatic carbocycles. The summed E-state index contributed by atoms with van der Waals surface area (Å²) in [4.78, 5) is 25.0. The molecule has 2 aromatic rings. The van der Waals surface area contributed by atoms with Crippen molar-refractivity contribution in [3.05, 3.63) is 70.8 Å². The van der Waals surface area contributed by atoms with Crippen LogP contribution in [0.4, 0.5) is 27.6 Å². The van der Waals surface area contributed by atoms with E-state index in [-0.39, 0.29) is 69.4 Å². The zero-order valence-corrected chi connectivity index (χ0v) is 21.5. The summed E-state index contributed by atoms with van der Waals surface area (Å²) in [6, 6.07) is 9.04. The number of hydrogen-bond donors (Lipinski definition) is 1. The predicted octanol–water partition coefficient (Wildman–Crippen LogP) is 1.97. The number of carboxylic acid groups (broad SMARTS) is 1. The van der Waals surface area contributed by atoms with Crippen LogP contribution in [0.15, 0.2) is 42.5 Å². The van der Waals surface area contributed by atoms with Gasteiger partial charge in [-0.2, -0.15) is 37.4 Å². The first-order valence-electron chi connectivity index (χ1n) is 8.75. The van der Waals surface area contributed by atoms with Gasteiger partial charge in [-0.3, -0.25) is 4.79 Å². The zero-order valence-electron chi connectivity index (χ0n) is 16.6. The SMILES string of the molecule is Cc1ccc2c(c1)/C(=C/C(=O)O)C(F)(F)CCN2C(=O)c1cc[c-]cc1C(F)(F)F.[Rb+]. The molecule has 0 atom stereocenters. The Hall–Kier alpha value is -1.42. The Morgan fingerprint density at radius 2 is 1.90 bits per heavy atom. The largest absolute Gasteiger partial charge is 1.00 e. The van der Waals surface area contributed by atoms with Crippen molar-refractivity contribution in [2.75, 3.05) is 11.4 Å². The molecular weight excluding hydrogens is 495 g/mol. The van der Waals surface area contributed by atoms with Gasteiger partial charge < -0.3 is 10.0 Å². The standard InChI is InChI=1S/C21H15F5NO3.Rb/c1-12-6-7-17-14(10-12)16(11-18(28)29)20(22,23)8-9-27(17)19(30)13-4-2-3-5-15(13)21(24,25)26;/h2,4-7,10-11H,8-9H2,1H3,(H,28,29);/q-1;+1/b16-11-;. The Bertz CT molecular complexity index is 1050. The minimum atomic E-state index is -4.84. The van der Waals surface area contributed by atoms with Crippen LogP contribution in [0.2, 0.25) is 0 Å². The van der Waals surface area contributed by atoms with Crippen LogP contribution in [0.5, 0.6) is 0 Å². The van der Waals surface area contributed by atoms with Crippen molar-refractivity contribution < 1.29 is 94.8 Å². The molecule has 1 heterocycles. The van der Waals surface area contributed by atoms with E-state index in [1.54, 1.807) is 6.92 Å². The number of carbonyl (C=O) groups excluding carboxylic acids is 1. The molecule has 0 unspecified atom stereocenters. The van der Waals surface area contributed by atoms with E-state index >= 15 is 0 Å². The van der Waals surface area contributed by atoms with Crippen molar-refractivity contribution in [3.63, 3.8) is 0 Å². The van der Waals surface area contributed by atoms with Gasteiger partial charge in [-0.25, -0.2) is 13.6 Å². The third-order valence-electron chi connectivity index (χ3n) is 4.69. The van der Waals surface area contributed by atoms with E-state index in [0.29, 0.717) is 17.7 Å². The number of allylic oxidation sites excluding steroid dienone is 1. The van der Waals surface area contributed by atoms with E-state index in [9.17, 15) is 31.5 Å². The van der Waals surface area contributed by atoms with Gasteiger partial charge in [0.05, 0.1) is 5.69 Å². The maximum atomic E-state index is 14.8. The van der Waals surface area contributed by atoms with Crippen LogP contribution in [0.1, 0.15) is 33.5 Å². The average Bonchev–Trinajstić information content (AvgIpc) is 2.75. The molecule has 0 spiro atoms. The summed E-state index contributed by atoms with van der Waals surface area (Å²) in [6.07, 6.45) is -5.43. The number of rotatable bonds is 2. The third-order valence-corrected chi connectivity index (χ3v) is 4.69. The molecule has 4 nitrogen and oxygen atoms in total. The second-order valence-electron chi connectivity index (χ2n) is 6.80. The van der Waals surface area contributed by atoms with Crippen LogP contribution >= 0.6 is 0 Å². The van der Waals surface area contributed by atoms with Gasteiger partial charge in [0, 0.05) is 30.2 Å². The molecule has 0 aromatic heterocycles. The van der Waals surface area contributed by atoms with E-state index in [1.807, 2.05) is 0 Å². The number of halogens is 5. The molecule has 1 aliphatic rings. The van der Waals surface area contributed by atoms with Crippen molar-refractivity contribution in [2.24, 2.45) is 0 Å². The maximum Gasteiger partial charge on any atom is 1.00 e. The van der Waals surface area contributed by atoms with E-state index in [2.05, 4.69) is 6.07 Å². The summed E-state index contributed by atoms with van der Waals surface area (Å²) in [5.41, 5.74) is -2.54. The molecule has 10 heteroatoms. The summed E-state index contributed by atoms with van der Waals surface area (Å²) in [6.45, 7) is 0.984. The number of anilines is 1. The molecule has 0 bridgehead atoms. The third kappa shape index (κ3) is 5.50. The number of carbonyl (C=O) groups is 2. The smallest absolute Gasteiger partial charge is 0.478 e. The van der Waals surface area contributed by atoms with Gasteiger partial charge in [0.2, 0.25) is 5.91 Å². The normalized spacial score (nSPS) is 16.8. The van der Waals surface area contributed by atoms with Crippen LogP contribution in [-0.4, -0.2) is 29.5 Å². The Labute approximate surface area is 223 Å². The van der Waals surface area contributed by atoms with Crippen molar-refractivity contribution in [3.8, 4) is 0 Å². The minimum Gasteiger partial charge on any atom is -0.478 e. The van der Waals surface area contributed by atoms with Crippen LogP contribution in [0.25, 0.3) is 5.57 Å². The van der Waals surface area contributed by atoms with Crippen molar-refractivity contribution in [1.29, 1.82) is 0 Å². The monoisotopic (exact) mass is 509 g/mol. The molecule has 1 N–H and O–H groups in total. The van der Waals surface area contributed by atoms with E-state index < -0.39 is 53.6 Å². The van der Waals surface area contributed by atoms with Crippen molar-refractivity contribution in [1.82, 2.24) is 0 Å². The number of benzene rings is 2. The Balaban J connectivity index is 0.00000341. The molecule has 31 heavy (non-hydrogen) atoms. The van der Waals surface area contributed by atoms with Crippen molar-refractivity contribution in [2.45, 2.75) is 25.4 Å². The molecule has 0 saturated carbocycles. The van der Waals surface area contributed by atoms with E-state index in [1.165, 1.54) is 18.2 Å². The number of aliphatic carboxylic acids is 1. The molecule has 0 fully saturated rings. The number of alkyl halides is 5. The first-order valence-corrected chi connectivity index (χ1v) is 8.75. The van der Waals surface area contributed by atoms with Gasteiger partial charge >= 0.3 is 70.3 Å². The van der Waals surface area contributed by atoms with E-state index in [0.717, 1.165) is 17.0 Å². The Kier molecular flexibility index (Phi) is 8.00. The van der Waals surface area contributed by atoms with Gasteiger partial charge in [-0.05, 0) is 24.6 Å². The number of amides is 1. The van der Waals surface area contributed by atoms with Gasteiger partial charge in [0.15, 0.2) is 0 Å². The zero-order chi connectivity index (χ0) is 22.3. The molecular formula is C21H15F5NO3Rb. The fourth-order valence-electron chi connectivity index (χ4n) is 3.32. The van der Waals surface area contributed by atoms with Gasteiger partial charge in [0.25, 0.3) is 5.92 Å². The first kappa shape index (κ1) is 25.8. The van der Waals surface area contributed by atoms with E-state index in [4.69, 9.17) is 5.11 Å². The summed E-state index contributed by atoms with van der Waals surface area (Å²) in [5, 5.41) is 9.04. The fraction of sp³-hybridized carbons (Fsp3) is 0.238. The molecule has 0 aliphatic carbocycles. The molecule has 0 saturated heterocycles. The average molecular weight is 510 g/mol. The summed E-state index contributed by atoms with van der Waals surface area (Å²) < 4.78 is 69.6. The van der Waals surface area contributed by atoms with Crippen LogP contribution in [0.3, 0.4) is 0 Å². The van der Waals surface area contributed by atoms with Gasteiger partial charge in [0.1, 0.15) is 0 Å². The molecule has 3 rings (SSSR count). The number of nitrogens with zero attached hydrogens (tertiary/aromatic N) is 1. The topological polar surface area (TPSA) is 57.6 Å². The number of carboxylic acids is 1. The number of fused-ring (bicyclic) bond motifs is 1. The number of hydrogen-bond acceptors (Lipinski definition) is 2. The molecule has 1 aliphatic heterocycles. The number of aryl methyl sites for hydroxylation is 1. The molecule has 1 amide bonds. The van der Waals surface area contributed by atoms with Crippen LogP contribution < -0.4 is 63.1 Å². The summed E-state index contributed by atoms with van der Waals surface area (Å²) in [5.74, 6) is -6.32. The maximum absolute atomic E-state index is 14.8. The fourth-order valence-corrected chi connectivity index (χ4v) is 3.32. The quantitative estimate of drug-likeness (QED) is 0.383. The van der Waals surface area contributed by atoms with Crippen LogP contribution in [-0.2, 0) is 11.0 Å². The van der Waals surface area contributed by atoms with Gasteiger partial charge in [-0.15, -0.1) is 0 Å². The first-order chi connectivity index (χ1) is 13.9. The summed E-state index contributed by atoms with van der Waals surface area (Å²) >= 11 is 0. The Morgan fingerprint density at radius 3 is 2.52 bits per heavy atom. The Morgan fingerprint density at radius 1 is 1.23 bits per heavy atom.